The Bertz CT molecular complexity index is 453. The minimum atomic E-state index is -1.46. The number of nitrogens with one attached hydrogen (secondary N) is 1. The molecule has 1 amide bonds. The number of aryl methyl sites for hydroxylation is 1. The van der Waals surface area contributed by atoms with Crippen LogP contribution >= 0.6 is 0 Å². The lowest BCUT2D eigenvalue weighted by molar-refractivity contribution is -0.130. The fraction of sp³-hybridized carbons (Fsp3) is 0.333. The minimum absolute atomic E-state index is 0.417. The summed E-state index contributed by atoms with van der Waals surface area (Å²) in [6, 6.07) is 7.19. The molecule has 0 unspecified atom stereocenters. The van der Waals surface area contributed by atoms with Crippen LogP contribution in [0.4, 0.5) is 5.69 Å². The largest absolute Gasteiger partial charge is 0.381 e. The van der Waals surface area contributed by atoms with Gasteiger partial charge in [0, 0.05) is 0 Å². The average Bonchev–Trinajstić information content (AvgIpc) is 2.16. The number of hydrogen-bond donors (Lipinski definition) is 2. The van der Waals surface area contributed by atoms with Crippen LogP contribution in [-0.2, 0) is 4.79 Å². The molecule has 0 aromatic heterocycles. The van der Waals surface area contributed by atoms with Gasteiger partial charge in [-0.15, -0.1) is 0 Å². The van der Waals surface area contributed by atoms with Crippen molar-refractivity contribution in [1.29, 1.82) is 5.26 Å². The molecule has 0 radical (unpaired) electrons. The molecular formula is C12H14N2O2. The smallest absolute Gasteiger partial charge is 0.255 e. The summed E-state index contributed by atoms with van der Waals surface area (Å²) in [5, 5.41) is 21.0. The van der Waals surface area contributed by atoms with Gasteiger partial charge in [-0.25, -0.2) is 0 Å². The van der Waals surface area contributed by atoms with Gasteiger partial charge in [0.1, 0.15) is 11.7 Å². The first-order valence-electron chi connectivity index (χ1n) is 4.90. The highest BCUT2D eigenvalue weighted by Gasteiger charge is 2.24. The Morgan fingerprint density at radius 3 is 2.62 bits per heavy atom. The zero-order chi connectivity index (χ0) is 12.3. The first-order chi connectivity index (χ1) is 7.36. The quantitative estimate of drug-likeness (QED) is 0.791. The highest BCUT2D eigenvalue weighted by Crippen LogP contribution is 2.19. The van der Waals surface area contributed by atoms with E-state index in [1.807, 2.05) is 6.07 Å². The van der Waals surface area contributed by atoms with Crippen molar-refractivity contribution in [3.8, 4) is 6.07 Å². The van der Waals surface area contributed by atoms with E-state index in [9.17, 15) is 9.90 Å². The number of hydrogen-bond acceptors (Lipinski definition) is 3. The van der Waals surface area contributed by atoms with Crippen molar-refractivity contribution in [2.24, 2.45) is 0 Å². The summed E-state index contributed by atoms with van der Waals surface area (Å²) in [5.74, 6) is -0.533. The third kappa shape index (κ3) is 2.59. The van der Waals surface area contributed by atoms with Gasteiger partial charge in [-0.1, -0.05) is 12.1 Å². The molecule has 4 nitrogen and oxygen atoms in total. The summed E-state index contributed by atoms with van der Waals surface area (Å²) in [6.45, 7) is 4.58. The zero-order valence-corrected chi connectivity index (χ0v) is 9.53. The van der Waals surface area contributed by atoms with Crippen LogP contribution in [-0.4, -0.2) is 16.6 Å². The van der Waals surface area contributed by atoms with Gasteiger partial charge in [-0.05, 0) is 32.4 Å². The molecule has 4 heteroatoms. The zero-order valence-electron chi connectivity index (χ0n) is 9.53. The van der Waals surface area contributed by atoms with E-state index in [1.165, 1.54) is 13.8 Å². The van der Waals surface area contributed by atoms with Crippen molar-refractivity contribution < 1.29 is 9.90 Å². The third-order valence-electron chi connectivity index (χ3n) is 2.19. The molecule has 0 saturated carbocycles. The fourth-order valence-corrected chi connectivity index (χ4v) is 1.20. The van der Waals surface area contributed by atoms with Crippen molar-refractivity contribution in [3.05, 3.63) is 29.3 Å². The first-order valence-corrected chi connectivity index (χ1v) is 4.90. The van der Waals surface area contributed by atoms with Crippen LogP contribution in [0.15, 0.2) is 18.2 Å². The number of carbonyl (C=O) groups excluding carboxylic acids is 1. The summed E-state index contributed by atoms with van der Waals surface area (Å²) >= 11 is 0. The molecule has 0 aliphatic carbocycles. The molecule has 0 bridgehead atoms. The SMILES string of the molecule is Cc1cccc(NC(=O)C(C)(C)O)c1C#N. The molecule has 1 aromatic rings. The van der Waals surface area contributed by atoms with Crippen molar-refractivity contribution in [3.63, 3.8) is 0 Å². The van der Waals surface area contributed by atoms with Gasteiger partial charge in [-0.3, -0.25) is 4.79 Å². The van der Waals surface area contributed by atoms with Crippen LogP contribution in [0.2, 0.25) is 0 Å². The van der Waals surface area contributed by atoms with E-state index >= 15 is 0 Å². The Kier molecular flexibility index (Phi) is 3.31. The van der Waals surface area contributed by atoms with Crippen LogP contribution in [0.3, 0.4) is 0 Å². The Hall–Kier alpha value is -1.86. The van der Waals surface area contributed by atoms with Crippen molar-refractivity contribution in [1.82, 2.24) is 0 Å². The van der Waals surface area contributed by atoms with Crippen LogP contribution in [0.5, 0.6) is 0 Å². The Labute approximate surface area is 94.5 Å². The molecule has 16 heavy (non-hydrogen) atoms. The van der Waals surface area contributed by atoms with Crippen molar-refractivity contribution >= 4 is 11.6 Å². The van der Waals surface area contributed by atoms with Crippen LogP contribution in [0, 0.1) is 18.3 Å². The van der Waals surface area contributed by atoms with Crippen molar-refractivity contribution in [2.75, 3.05) is 5.32 Å². The Morgan fingerprint density at radius 2 is 2.12 bits per heavy atom. The second kappa shape index (κ2) is 4.33. The summed E-state index contributed by atoms with van der Waals surface area (Å²) in [6.07, 6.45) is 0. The summed E-state index contributed by atoms with van der Waals surface area (Å²) in [5.41, 5.74) is 0.169. The standard InChI is InChI=1S/C12H14N2O2/c1-8-5-4-6-10(9(8)7-13)14-11(15)12(2,3)16/h4-6,16H,1-3H3,(H,14,15). The van der Waals surface area contributed by atoms with E-state index in [-0.39, 0.29) is 0 Å². The highest BCUT2D eigenvalue weighted by molar-refractivity contribution is 5.97. The summed E-state index contributed by atoms with van der Waals surface area (Å²) in [4.78, 5) is 11.5. The van der Waals surface area contributed by atoms with E-state index in [4.69, 9.17) is 5.26 Å². The molecule has 0 saturated heterocycles. The number of amides is 1. The van der Waals surface area contributed by atoms with E-state index in [0.29, 0.717) is 11.3 Å². The van der Waals surface area contributed by atoms with Crippen LogP contribution in [0.25, 0.3) is 0 Å². The van der Waals surface area contributed by atoms with Gasteiger partial charge < -0.3 is 10.4 Å². The predicted octanol–water partition coefficient (Wildman–Crippen LogP) is 1.58. The Morgan fingerprint density at radius 1 is 1.50 bits per heavy atom. The number of carbonyl (C=O) groups is 1. The van der Waals surface area contributed by atoms with E-state index in [1.54, 1.807) is 25.1 Å². The van der Waals surface area contributed by atoms with Crippen LogP contribution < -0.4 is 5.32 Å². The maximum Gasteiger partial charge on any atom is 0.255 e. The molecule has 0 fully saturated rings. The topological polar surface area (TPSA) is 73.1 Å². The molecule has 0 heterocycles. The van der Waals surface area contributed by atoms with E-state index in [0.717, 1.165) is 5.56 Å². The monoisotopic (exact) mass is 218 g/mol. The van der Waals surface area contributed by atoms with Gasteiger partial charge in [0.25, 0.3) is 5.91 Å². The molecular weight excluding hydrogens is 204 g/mol. The highest BCUT2D eigenvalue weighted by atomic mass is 16.3. The van der Waals surface area contributed by atoms with Crippen LogP contribution in [0.1, 0.15) is 25.0 Å². The van der Waals surface area contributed by atoms with Gasteiger partial charge >= 0.3 is 0 Å². The average molecular weight is 218 g/mol. The number of nitriles is 1. The fourth-order valence-electron chi connectivity index (χ4n) is 1.20. The lowest BCUT2D eigenvalue weighted by Gasteiger charge is -2.17. The van der Waals surface area contributed by atoms with Gasteiger partial charge in [0.05, 0.1) is 11.3 Å². The first kappa shape index (κ1) is 12.2. The molecule has 0 aliphatic rings. The lowest BCUT2D eigenvalue weighted by atomic mass is 10.1. The predicted molar refractivity (Wildman–Crippen MR) is 60.8 cm³/mol. The maximum atomic E-state index is 11.5. The number of aliphatic hydroxyl groups is 1. The maximum absolute atomic E-state index is 11.5. The molecule has 0 atom stereocenters. The number of benzene rings is 1. The number of rotatable bonds is 2. The summed E-state index contributed by atoms with van der Waals surface area (Å²) < 4.78 is 0. The van der Waals surface area contributed by atoms with Gasteiger partial charge in [-0.2, -0.15) is 5.26 Å². The number of nitrogens with zero attached hydrogens (tertiary/aromatic N) is 1. The molecule has 1 aromatic carbocycles. The second-order valence-corrected chi connectivity index (χ2v) is 4.12. The van der Waals surface area contributed by atoms with Crippen molar-refractivity contribution in [2.45, 2.75) is 26.4 Å². The van der Waals surface area contributed by atoms with E-state index in [2.05, 4.69) is 5.32 Å². The lowest BCUT2D eigenvalue weighted by Crippen LogP contribution is -2.36. The van der Waals surface area contributed by atoms with Gasteiger partial charge in [0.15, 0.2) is 0 Å². The molecule has 0 aliphatic heterocycles. The molecule has 0 spiro atoms. The van der Waals surface area contributed by atoms with E-state index < -0.39 is 11.5 Å². The molecule has 84 valence electrons. The minimum Gasteiger partial charge on any atom is -0.381 e. The Balaban J connectivity index is 3.04. The van der Waals surface area contributed by atoms with Gasteiger partial charge in [0.2, 0.25) is 0 Å². The molecule has 1 rings (SSSR count). The third-order valence-corrected chi connectivity index (χ3v) is 2.19. The molecule has 2 N–H and O–H groups in total. The normalized spacial score (nSPS) is 10.7. The number of anilines is 1. The second-order valence-electron chi connectivity index (χ2n) is 4.12. The summed E-state index contributed by atoms with van der Waals surface area (Å²) in [7, 11) is 0.